The Balaban J connectivity index is 1.89. The van der Waals surface area contributed by atoms with Crippen LogP contribution in [0.3, 0.4) is 0 Å². The van der Waals surface area contributed by atoms with E-state index in [1.54, 1.807) is 0 Å². The number of aryl methyl sites for hydroxylation is 1. The van der Waals surface area contributed by atoms with E-state index in [2.05, 4.69) is 79.0 Å². The highest BCUT2D eigenvalue weighted by Gasteiger charge is 2.00. The molecule has 0 heterocycles. The maximum absolute atomic E-state index is 3.52. The third-order valence-corrected chi connectivity index (χ3v) is 3.56. The Morgan fingerprint density at radius 3 is 2.35 bits per heavy atom. The summed E-state index contributed by atoms with van der Waals surface area (Å²) in [5.74, 6) is 0. The molecule has 1 heteroatoms. The second kappa shape index (κ2) is 5.79. The number of hydrogen-bond acceptors (Lipinski definition) is 1. The lowest BCUT2D eigenvalue weighted by Gasteiger charge is -2.10. The molecule has 1 N–H and O–H groups in total. The number of benzene rings is 3. The van der Waals surface area contributed by atoms with E-state index in [0.29, 0.717) is 0 Å². The van der Waals surface area contributed by atoms with Gasteiger partial charge in [0, 0.05) is 16.8 Å². The van der Waals surface area contributed by atoms with Gasteiger partial charge < -0.3 is 5.32 Å². The van der Waals surface area contributed by atoms with Crippen LogP contribution in [-0.2, 0) is 6.42 Å². The third-order valence-electron chi connectivity index (χ3n) is 3.56. The molecule has 0 unspecified atom stereocenters. The Morgan fingerprint density at radius 2 is 1.55 bits per heavy atom. The van der Waals surface area contributed by atoms with E-state index in [-0.39, 0.29) is 0 Å². The molecule has 0 aliphatic heterocycles. The summed E-state index contributed by atoms with van der Waals surface area (Å²) in [6.07, 6.45) is 2.34. The molecule has 0 saturated heterocycles. The monoisotopic (exact) mass is 261 g/mol. The molecule has 0 bridgehead atoms. The van der Waals surface area contributed by atoms with Crippen LogP contribution in [0.1, 0.15) is 18.9 Å². The summed E-state index contributed by atoms with van der Waals surface area (Å²) in [5.41, 5.74) is 3.70. The predicted octanol–water partition coefficient (Wildman–Crippen LogP) is 5.54. The first-order chi connectivity index (χ1) is 9.86. The Bertz CT molecular complexity index is 693. The Hall–Kier alpha value is -2.28. The van der Waals surface area contributed by atoms with Crippen molar-refractivity contribution in [1.29, 1.82) is 0 Å². The lowest BCUT2D eigenvalue weighted by Crippen LogP contribution is -1.92. The average Bonchev–Trinajstić information content (AvgIpc) is 2.50. The van der Waals surface area contributed by atoms with E-state index in [4.69, 9.17) is 0 Å². The van der Waals surface area contributed by atoms with Crippen molar-refractivity contribution in [3.63, 3.8) is 0 Å². The Kier molecular flexibility index (Phi) is 3.69. The molecule has 0 aliphatic rings. The van der Waals surface area contributed by atoms with Gasteiger partial charge in [-0.2, -0.15) is 0 Å². The van der Waals surface area contributed by atoms with E-state index in [0.717, 1.165) is 17.8 Å². The van der Waals surface area contributed by atoms with Crippen LogP contribution >= 0.6 is 0 Å². The molecule has 20 heavy (non-hydrogen) atoms. The average molecular weight is 261 g/mol. The third kappa shape index (κ3) is 2.67. The molecule has 100 valence electrons. The summed E-state index contributed by atoms with van der Waals surface area (Å²) >= 11 is 0. The largest absolute Gasteiger partial charge is 0.355 e. The molecule has 0 amide bonds. The Labute approximate surface area is 120 Å². The van der Waals surface area contributed by atoms with Crippen LogP contribution < -0.4 is 5.32 Å². The lowest BCUT2D eigenvalue weighted by molar-refractivity contribution is 0.922. The molecule has 1 nitrogen and oxygen atoms in total. The summed E-state index contributed by atoms with van der Waals surface area (Å²) < 4.78 is 0. The van der Waals surface area contributed by atoms with Gasteiger partial charge in [-0.05, 0) is 35.6 Å². The molecule has 0 saturated carbocycles. The highest BCUT2D eigenvalue weighted by Crippen LogP contribution is 2.26. The van der Waals surface area contributed by atoms with Crippen LogP contribution in [0.25, 0.3) is 10.8 Å². The summed E-state index contributed by atoms with van der Waals surface area (Å²) in [6, 6.07) is 23.5. The second-order valence-corrected chi connectivity index (χ2v) is 5.10. The SMILES string of the molecule is CCCc1ccc(Nc2cccc3ccccc23)cc1. The maximum atomic E-state index is 3.52. The van der Waals surface area contributed by atoms with Gasteiger partial charge in [-0.3, -0.25) is 0 Å². The zero-order valence-corrected chi connectivity index (χ0v) is 11.8. The first-order valence-electron chi connectivity index (χ1n) is 7.20. The van der Waals surface area contributed by atoms with Crippen LogP contribution in [0.5, 0.6) is 0 Å². The smallest absolute Gasteiger partial charge is 0.0463 e. The lowest BCUT2D eigenvalue weighted by atomic mass is 10.1. The number of fused-ring (bicyclic) bond motifs is 1. The molecule has 3 aromatic carbocycles. The first kappa shape index (κ1) is 12.7. The highest BCUT2D eigenvalue weighted by molar-refractivity contribution is 5.95. The van der Waals surface area contributed by atoms with E-state index >= 15 is 0 Å². The second-order valence-electron chi connectivity index (χ2n) is 5.10. The molecule has 3 aromatic rings. The van der Waals surface area contributed by atoms with Crippen molar-refractivity contribution < 1.29 is 0 Å². The van der Waals surface area contributed by atoms with Crippen LogP contribution in [0, 0.1) is 0 Å². The quantitative estimate of drug-likeness (QED) is 0.650. The molecule has 0 aliphatic carbocycles. The van der Waals surface area contributed by atoms with Gasteiger partial charge in [0.25, 0.3) is 0 Å². The van der Waals surface area contributed by atoms with Crippen molar-refractivity contribution in [2.45, 2.75) is 19.8 Å². The number of anilines is 2. The fourth-order valence-electron chi connectivity index (χ4n) is 2.53. The molecule has 0 radical (unpaired) electrons. The van der Waals surface area contributed by atoms with Crippen LogP contribution in [0.4, 0.5) is 11.4 Å². The van der Waals surface area contributed by atoms with Crippen molar-refractivity contribution >= 4 is 22.1 Å². The van der Waals surface area contributed by atoms with Gasteiger partial charge in [-0.1, -0.05) is 61.9 Å². The number of rotatable bonds is 4. The summed E-state index contributed by atoms with van der Waals surface area (Å²) in [4.78, 5) is 0. The fourth-order valence-corrected chi connectivity index (χ4v) is 2.53. The Morgan fingerprint density at radius 1 is 0.800 bits per heavy atom. The van der Waals surface area contributed by atoms with Crippen molar-refractivity contribution in [2.24, 2.45) is 0 Å². The normalized spacial score (nSPS) is 10.7. The van der Waals surface area contributed by atoms with Gasteiger partial charge in [-0.25, -0.2) is 0 Å². The van der Waals surface area contributed by atoms with Gasteiger partial charge in [0.2, 0.25) is 0 Å². The molecular weight excluding hydrogens is 242 g/mol. The van der Waals surface area contributed by atoms with Crippen molar-refractivity contribution in [3.8, 4) is 0 Å². The summed E-state index contributed by atoms with van der Waals surface area (Å²) in [6.45, 7) is 2.21. The molecule has 0 fully saturated rings. The van der Waals surface area contributed by atoms with Crippen LogP contribution in [0.2, 0.25) is 0 Å². The van der Waals surface area contributed by atoms with Gasteiger partial charge in [0.15, 0.2) is 0 Å². The minimum atomic E-state index is 1.14. The van der Waals surface area contributed by atoms with E-state index in [1.807, 2.05) is 0 Å². The predicted molar refractivity (Wildman–Crippen MR) is 87.7 cm³/mol. The van der Waals surface area contributed by atoms with Gasteiger partial charge >= 0.3 is 0 Å². The van der Waals surface area contributed by atoms with Crippen molar-refractivity contribution in [2.75, 3.05) is 5.32 Å². The fraction of sp³-hybridized carbons (Fsp3) is 0.158. The maximum Gasteiger partial charge on any atom is 0.0463 e. The highest BCUT2D eigenvalue weighted by atomic mass is 14.9. The molecule has 3 rings (SSSR count). The minimum absolute atomic E-state index is 1.14. The van der Waals surface area contributed by atoms with Crippen molar-refractivity contribution in [1.82, 2.24) is 0 Å². The molecule has 0 atom stereocenters. The first-order valence-corrected chi connectivity index (χ1v) is 7.20. The van der Waals surface area contributed by atoms with E-state index in [9.17, 15) is 0 Å². The topological polar surface area (TPSA) is 12.0 Å². The van der Waals surface area contributed by atoms with Crippen LogP contribution in [0.15, 0.2) is 66.7 Å². The number of hydrogen-bond donors (Lipinski definition) is 1. The standard InChI is InChI=1S/C19H19N/c1-2-6-15-11-13-17(14-12-15)20-19-10-5-8-16-7-3-4-9-18(16)19/h3-5,7-14,20H,2,6H2,1H3. The molecular formula is C19H19N. The minimum Gasteiger partial charge on any atom is -0.355 e. The molecule has 0 aromatic heterocycles. The van der Waals surface area contributed by atoms with Gasteiger partial charge in [0.1, 0.15) is 0 Å². The van der Waals surface area contributed by atoms with Gasteiger partial charge in [0.05, 0.1) is 0 Å². The van der Waals surface area contributed by atoms with Crippen LogP contribution in [-0.4, -0.2) is 0 Å². The number of nitrogens with one attached hydrogen (secondary N) is 1. The van der Waals surface area contributed by atoms with E-state index < -0.39 is 0 Å². The van der Waals surface area contributed by atoms with Crippen molar-refractivity contribution in [3.05, 3.63) is 72.3 Å². The zero-order chi connectivity index (χ0) is 13.8. The van der Waals surface area contributed by atoms with Gasteiger partial charge in [-0.15, -0.1) is 0 Å². The summed E-state index contributed by atoms with van der Waals surface area (Å²) in [7, 11) is 0. The molecule has 0 spiro atoms. The zero-order valence-electron chi connectivity index (χ0n) is 11.8. The van der Waals surface area contributed by atoms with E-state index in [1.165, 1.54) is 22.8 Å². The summed E-state index contributed by atoms with van der Waals surface area (Å²) in [5, 5.41) is 6.04.